The first-order valence-corrected chi connectivity index (χ1v) is 5.80. The van der Waals surface area contributed by atoms with Crippen molar-refractivity contribution >= 4 is 28.7 Å². The van der Waals surface area contributed by atoms with Gasteiger partial charge in [-0.25, -0.2) is 4.79 Å². The van der Waals surface area contributed by atoms with Crippen molar-refractivity contribution in [2.24, 2.45) is 0 Å². The third-order valence-corrected chi connectivity index (χ3v) is 2.86. The van der Waals surface area contributed by atoms with Gasteiger partial charge in [0.15, 0.2) is 0 Å². The maximum atomic E-state index is 10.9. The van der Waals surface area contributed by atoms with Crippen LogP contribution >= 0.6 is 22.6 Å². The number of rotatable bonds is 3. The van der Waals surface area contributed by atoms with E-state index >= 15 is 0 Å². The zero-order valence-corrected chi connectivity index (χ0v) is 10.0. The van der Waals surface area contributed by atoms with Crippen LogP contribution in [0.15, 0.2) is 30.3 Å². The Morgan fingerprint density at radius 2 is 2.07 bits per heavy atom. The molecule has 0 unspecified atom stereocenters. The summed E-state index contributed by atoms with van der Waals surface area (Å²) in [5, 5.41) is 8.93. The number of carboxylic acid groups (broad SMARTS) is 1. The Morgan fingerprint density at radius 3 is 2.50 bits per heavy atom. The second kappa shape index (κ2) is 5.19. The van der Waals surface area contributed by atoms with Gasteiger partial charge in [0.25, 0.3) is 0 Å². The van der Waals surface area contributed by atoms with Gasteiger partial charge in [-0.1, -0.05) is 52.9 Å². The molecule has 14 heavy (non-hydrogen) atoms. The molecule has 1 aromatic rings. The standard InChI is InChI=1S/C10H12INO2/c1-8(12(7-11)10(13)14)9-5-3-2-4-6-9/h2-6,8H,7H2,1H3,(H,13,14)/t8-/m0/s1. The van der Waals surface area contributed by atoms with Crippen molar-refractivity contribution in [3.05, 3.63) is 35.9 Å². The first-order valence-electron chi connectivity index (χ1n) is 4.27. The van der Waals surface area contributed by atoms with Crippen LogP contribution in [0, 0.1) is 0 Å². The first kappa shape index (κ1) is 11.3. The van der Waals surface area contributed by atoms with Crippen LogP contribution in [0.1, 0.15) is 18.5 Å². The van der Waals surface area contributed by atoms with Crippen LogP contribution in [0.25, 0.3) is 0 Å². The van der Waals surface area contributed by atoms with E-state index in [0.29, 0.717) is 4.55 Å². The molecular weight excluding hydrogens is 293 g/mol. The maximum Gasteiger partial charge on any atom is 0.408 e. The lowest BCUT2D eigenvalue weighted by Gasteiger charge is -2.24. The second-order valence-corrected chi connectivity index (χ2v) is 3.64. The summed E-state index contributed by atoms with van der Waals surface area (Å²) in [5.74, 6) is 0. The molecule has 4 heteroatoms. The van der Waals surface area contributed by atoms with Crippen LogP contribution in [-0.4, -0.2) is 20.7 Å². The van der Waals surface area contributed by atoms with Crippen molar-refractivity contribution in [2.45, 2.75) is 13.0 Å². The Morgan fingerprint density at radius 1 is 1.50 bits per heavy atom. The SMILES string of the molecule is C[C@@H](c1ccccc1)N(CI)C(=O)O. The van der Waals surface area contributed by atoms with E-state index in [1.54, 1.807) is 0 Å². The number of alkyl halides is 1. The van der Waals surface area contributed by atoms with Crippen molar-refractivity contribution in [3.63, 3.8) is 0 Å². The molecule has 76 valence electrons. The number of hydrogen-bond donors (Lipinski definition) is 1. The molecule has 0 aromatic heterocycles. The van der Waals surface area contributed by atoms with Gasteiger partial charge in [0.05, 0.1) is 10.6 Å². The molecule has 0 spiro atoms. The van der Waals surface area contributed by atoms with Crippen molar-refractivity contribution in [1.29, 1.82) is 0 Å². The van der Waals surface area contributed by atoms with Crippen LogP contribution in [-0.2, 0) is 0 Å². The van der Waals surface area contributed by atoms with E-state index < -0.39 is 6.09 Å². The topological polar surface area (TPSA) is 40.5 Å². The summed E-state index contributed by atoms with van der Waals surface area (Å²) in [4.78, 5) is 12.3. The van der Waals surface area contributed by atoms with Crippen molar-refractivity contribution in [2.75, 3.05) is 4.55 Å². The van der Waals surface area contributed by atoms with Gasteiger partial charge in [-0.2, -0.15) is 0 Å². The molecule has 0 saturated carbocycles. The van der Waals surface area contributed by atoms with Crippen LogP contribution < -0.4 is 0 Å². The largest absolute Gasteiger partial charge is 0.465 e. The predicted molar refractivity (Wildman–Crippen MR) is 63.6 cm³/mol. The van der Waals surface area contributed by atoms with Gasteiger partial charge >= 0.3 is 6.09 Å². The van der Waals surface area contributed by atoms with E-state index in [4.69, 9.17) is 5.11 Å². The van der Waals surface area contributed by atoms with E-state index in [1.165, 1.54) is 4.90 Å². The summed E-state index contributed by atoms with van der Waals surface area (Å²) in [6.45, 7) is 1.89. The fourth-order valence-corrected chi connectivity index (χ4v) is 2.11. The summed E-state index contributed by atoms with van der Waals surface area (Å²) < 4.78 is 0.475. The highest BCUT2D eigenvalue weighted by atomic mass is 127. The molecule has 0 bridgehead atoms. The van der Waals surface area contributed by atoms with Crippen molar-refractivity contribution < 1.29 is 9.90 Å². The summed E-state index contributed by atoms with van der Waals surface area (Å²) in [6.07, 6.45) is -0.879. The third kappa shape index (κ3) is 2.60. The normalized spacial score (nSPS) is 12.1. The van der Waals surface area contributed by atoms with Gasteiger partial charge in [-0.15, -0.1) is 0 Å². The molecule has 0 aliphatic rings. The lowest BCUT2D eigenvalue weighted by atomic mass is 10.1. The molecule has 0 radical (unpaired) electrons. The Kier molecular flexibility index (Phi) is 4.19. The van der Waals surface area contributed by atoms with E-state index in [0.717, 1.165) is 5.56 Å². The first-order chi connectivity index (χ1) is 6.66. The molecular formula is C10H12INO2. The zero-order valence-electron chi connectivity index (χ0n) is 7.85. The van der Waals surface area contributed by atoms with Crippen LogP contribution in [0.5, 0.6) is 0 Å². The quantitative estimate of drug-likeness (QED) is 0.529. The van der Waals surface area contributed by atoms with E-state index in [2.05, 4.69) is 22.6 Å². The molecule has 0 aliphatic carbocycles. The summed E-state index contributed by atoms with van der Waals surface area (Å²) >= 11 is 2.05. The minimum Gasteiger partial charge on any atom is -0.465 e. The molecule has 0 aliphatic heterocycles. The average Bonchev–Trinajstić information content (AvgIpc) is 2.19. The van der Waals surface area contributed by atoms with Crippen molar-refractivity contribution in [1.82, 2.24) is 4.90 Å². The Balaban J connectivity index is 2.83. The predicted octanol–water partition coefficient (Wildman–Crippen LogP) is 3.12. The fraction of sp³-hybridized carbons (Fsp3) is 0.300. The molecule has 1 atom stereocenters. The van der Waals surface area contributed by atoms with Crippen LogP contribution in [0.4, 0.5) is 4.79 Å². The number of hydrogen-bond acceptors (Lipinski definition) is 1. The molecule has 0 saturated heterocycles. The highest BCUT2D eigenvalue weighted by molar-refractivity contribution is 14.1. The minimum absolute atomic E-state index is 0.0920. The van der Waals surface area contributed by atoms with Gasteiger partial charge in [-0.05, 0) is 12.5 Å². The Bertz CT molecular complexity index is 302. The summed E-state index contributed by atoms with van der Waals surface area (Å²) in [5.41, 5.74) is 1.02. The van der Waals surface area contributed by atoms with Gasteiger partial charge in [0, 0.05) is 0 Å². The smallest absolute Gasteiger partial charge is 0.408 e. The molecule has 1 aromatic carbocycles. The molecule has 3 nitrogen and oxygen atoms in total. The zero-order chi connectivity index (χ0) is 10.6. The van der Waals surface area contributed by atoms with E-state index in [-0.39, 0.29) is 6.04 Å². The highest BCUT2D eigenvalue weighted by Crippen LogP contribution is 2.20. The maximum absolute atomic E-state index is 10.9. The highest BCUT2D eigenvalue weighted by Gasteiger charge is 2.18. The van der Waals surface area contributed by atoms with Crippen LogP contribution in [0.3, 0.4) is 0 Å². The van der Waals surface area contributed by atoms with Gasteiger partial charge < -0.3 is 5.11 Å². The van der Waals surface area contributed by atoms with Crippen molar-refractivity contribution in [3.8, 4) is 0 Å². The number of benzene rings is 1. The van der Waals surface area contributed by atoms with Gasteiger partial charge in [0.1, 0.15) is 0 Å². The lowest BCUT2D eigenvalue weighted by Crippen LogP contribution is -2.30. The fourth-order valence-electron chi connectivity index (χ4n) is 1.23. The second-order valence-electron chi connectivity index (χ2n) is 2.96. The molecule has 1 rings (SSSR count). The number of halogens is 1. The van der Waals surface area contributed by atoms with Gasteiger partial charge in [-0.3, -0.25) is 4.90 Å². The Labute approximate surface area is 96.9 Å². The van der Waals surface area contributed by atoms with E-state index in [9.17, 15) is 4.79 Å². The lowest BCUT2D eigenvalue weighted by molar-refractivity contribution is 0.140. The van der Waals surface area contributed by atoms with Gasteiger partial charge in [0.2, 0.25) is 0 Å². The minimum atomic E-state index is -0.879. The number of carbonyl (C=O) groups is 1. The average molecular weight is 305 g/mol. The Hall–Kier alpha value is -0.780. The number of amides is 1. The monoisotopic (exact) mass is 305 g/mol. The molecule has 0 heterocycles. The third-order valence-electron chi connectivity index (χ3n) is 2.12. The molecule has 1 N–H and O–H groups in total. The summed E-state index contributed by atoms with van der Waals surface area (Å²) in [7, 11) is 0. The summed E-state index contributed by atoms with van der Waals surface area (Å²) in [6, 6.07) is 9.54. The molecule has 1 amide bonds. The number of nitrogens with zero attached hydrogens (tertiary/aromatic N) is 1. The van der Waals surface area contributed by atoms with E-state index in [1.807, 2.05) is 37.3 Å². The van der Waals surface area contributed by atoms with Crippen LogP contribution in [0.2, 0.25) is 0 Å². The molecule has 0 fully saturated rings.